The third-order valence-electron chi connectivity index (χ3n) is 4.51. The second kappa shape index (κ2) is 10.6. The second-order valence-electron chi connectivity index (χ2n) is 6.53. The van der Waals surface area contributed by atoms with Crippen molar-refractivity contribution in [3.05, 3.63) is 59.2 Å². The second-order valence-corrected chi connectivity index (χ2v) is 6.53. The van der Waals surface area contributed by atoms with Crippen LogP contribution in [0.25, 0.3) is 0 Å². The zero-order chi connectivity index (χ0) is 19.6. The fraction of sp³-hybridized carbons (Fsp3) is 0.435. The number of aryl methyl sites for hydroxylation is 2. The van der Waals surface area contributed by atoms with E-state index in [-0.39, 0.29) is 11.9 Å². The molecule has 0 aliphatic rings. The highest BCUT2D eigenvalue weighted by atomic mass is 16.5. The molecule has 146 valence electrons. The average Bonchev–Trinajstić information content (AvgIpc) is 2.68. The van der Waals surface area contributed by atoms with Crippen LogP contribution in [-0.4, -0.2) is 19.1 Å². The predicted octanol–water partition coefficient (Wildman–Crippen LogP) is 4.86. The number of hydrogen-bond donors (Lipinski definition) is 1. The molecule has 4 heteroatoms. The molecule has 1 amide bonds. The van der Waals surface area contributed by atoms with Crippen LogP contribution in [0.2, 0.25) is 0 Å². The molecule has 0 saturated carbocycles. The van der Waals surface area contributed by atoms with Crippen LogP contribution < -0.4 is 14.8 Å². The molecule has 0 unspecified atom stereocenters. The Balaban J connectivity index is 1.91. The van der Waals surface area contributed by atoms with Crippen LogP contribution in [0.15, 0.2) is 42.5 Å². The van der Waals surface area contributed by atoms with Crippen molar-refractivity contribution in [3.63, 3.8) is 0 Å². The van der Waals surface area contributed by atoms with Crippen LogP contribution >= 0.6 is 0 Å². The Morgan fingerprint density at radius 3 is 2.19 bits per heavy atom. The molecule has 1 N–H and O–H groups in total. The van der Waals surface area contributed by atoms with E-state index < -0.39 is 0 Å². The van der Waals surface area contributed by atoms with Crippen LogP contribution in [-0.2, 0) is 17.6 Å². The summed E-state index contributed by atoms with van der Waals surface area (Å²) >= 11 is 0. The summed E-state index contributed by atoms with van der Waals surface area (Å²) in [6, 6.07) is 14.3. The fourth-order valence-corrected chi connectivity index (χ4v) is 2.95. The van der Waals surface area contributed by atoms with E-state index in [4.69, 9.17) is 9.47 Å². The first-order valence-corrected chi connectivity index (χ1v) is 9.84. The third kappa shape index (κ3) is 6.31. The highest BCUT2D eigenvalue weighted by Gasteiger charge is 2.11. The highest BCUT2D eigenvalue weighted by molar-refractivity contribution is 5.76. The molecule has 2 aromatic carbocycles. The van der Waals surface area contributed by atoms with Gasteiger partial charge in [0.1, 0.15) is 0 Å². The predicted molar refractivity (Wildman–Crippen MR) is 109 cm³/mol. The molecule has 1 atom stereocenters. The first kappa shape index (κ1) is 20.8. The van der Waals surface area contributed by atoms with E-state index in [0.29, 0.717) is 26.1 Å². The number of nitrogens with one attached hydrogen (secondary N) is 1. The maximum Gasteiger partial charge on any atom is 0.220 e. The van der Waals surface area contributed by atoms with Crippen LogP contribution in [0, 0.1) is 0 Å². The molecule has 4 nitrogen and oxygen atoms in total. The molecular weight excluding hydrogens is 338 g/mol. The molecule has 2 aromatic rings. The Bertz CT molecular complexity index is 725. The van der Waals surface area contributed by atoms with Crippen LogP contribution in [0.3, 0.4) is 0 Å². The first-order chi connectivity index (χ1) is 13.1. The summed E-state index contributed by atoms with van der Waals surface area (Å²) in [5.74, 6) is 1.53. The number of carbonyl (C=O) groups is 1. The van der Waals surface area contributed by atoms with Gasteiger partial charge < -0.3 is 14.8 Å². The van der Waals surface area contributed by atoms with Gasteiger partial charge >= 0.3 is 0 Å². The van der Waals surface area contributed by atoms with Gasteiger partial charge in [0.2, 0.25) is 5.91 Å². The molecule has 0 saturated heterocycles. The van der Waals surface area contributed by atoms with Gasteiger partial charge in [0.15, 0.2) is 11.5 Å². The van der Waals surface area contributed by atoms with Gasteiger partial charge in [0, 0.05) is 6.42 Å². The van der Waals surface area contributed by atoms with Crippen LogP contribution in [0.4, 0.5) is 0 Å². The molecule has 0 heterocycles. The van der Waals surface area contributed by atoms with Crippen molar-refractivity contribution in [2.24, 2.45) is 0 Å². The van der Waals surface area contributed by atoms with Crippen molar-refractivity contribution >= 4 is 5.91 Å². The Morgan fingerprint density at radius 1 is 0.926 bits per heavy atom. The molecule has 0 spiro atoms. The topological polar surface area (TPSA) is 47.6 Å². The molecule has 0 aliphatic carbocycles. The molecule has 0 fully saturated rings. The zero-order valence-corrected chi connectivity index (χ0v) is 16.9. The third-order valence-corrected chi connectivity index (χ3v) is 4.51. The molecule has 2 rings (SSSR count). The standard InChI is InChI=1S/C23H31NO3/c1-5-18-8-12-20(13-9-18)17(4)24-23(25)15-11-19-10-14-21(26-6-2)22(16-19)27-7-3/h8-10,12-14,16-17H,5-7,11,15H2,1-4H3,(H,24,25)/t17-/m0/s1. The maximum absolute atomic E-state index is 12.3. The summed E-state index contributed by atoms with van der Waals surface area (Å²) < 4.78 is 11.2. The normalized spacial score (nSPS) is 11.7. The van der Waals surface area contributed by atoms with Gasteiger partial charge in [-0.1, -0.05) is 37.3 Å². The van der Waals surface area contributed by atoms with E-state index in [2.05, 4.69) is 36.5 Å². The van der Waals surface area contributed by atoms with E-state index in [1.807, 2.05) is 39.0 Å². The van der Waals surface area contributed by atoms with Crippen LogP contribution in [0.1, 0.15) is 56.8 Å². The smallest absolute Gasteiger partial charge is 0.220 e. The minimum atomic E-state index is 0.00252. The first-order valence-electron chi connectivity index (χ1n) is 9.84. The monoisotopic (exact) mass is 369 g/mol. The number of carbonyl (C=O) groups excluding carboxylic acids is 1. The van der Waals surface area contributed by atoms with Crippen molar-refractivity contribution in [3.8, 4) is 11.5 Å². The summed E-state index contributed by atoms with van der Waals surface area (Å²) in [6.45, 7) is 9.23. The van der Waals surface area contributed by atoms with E-state index in [1.165, 1.54) is 5.56 Å². The minimum Gasteiger partial charge on any atom is -0.490 e. The molecule has 0 bridgehead atoms. The fourth-order valence-electron chi connectivity index (χ4n) is 2.95. The van der Waals surface area contributed by atoms with E-state index in [0.717, 1.165) is 29.0 Å². The lowest BCUT2D eigenvalue weighted by atomic mass is 10.0. The highest BCUT2D eigenvalue weighted by Crippen LogP contribution is 2.29. The molecule has 27 heavy (non-hydrogen) atoms. The summed E-state index contributed by atoms with van der Waals surface area (Å²) in [7, 11) is 0. The van der Waals surface area contributed by atoms with Crippen molar-refractivity contribution < 1.29 is 14.3 Å². The van der Waals surface area contributed by atoms with Crippen molar-refractivity contribution in [2.75, 3.05) is 13.2 Å². The summed E-state index contributed by atoms with van der Waals surface area (Å²) in [5, 5.41) is 3.08. The zero-order valence-electron chi connectivity index (χ0n) is 16.9. The Labute approximate surface area is 162 Å². The lowest BCUT2D eigenvalue weighted by molar-refractivity contribution is -0.121. The molecule has 0 aliphatic heterocycles. The number of benzene rings is 2. The largest absolute Gasteiger partial charge is 0.490 e. The number of amides is 1. The van der Waals surface area contributed by atoms with Gasteiger partial charge in [-0.2, -0.15) is 0 Å². The van der Waals surface area contributed by atoms with Gasteiger partial charge in [-0.25, -0.2) is 0 Å². The van der Waals surface area contributed by atoms with Crippen LogP contribution in [0.5, 0.6) is 11.5 Å². The Hall–Kier alpha value is -2.49. The maximum atomic E-state index is 12.3. The number of ether oxygens (including phenoxy) is 2. The van der Waals surface area contributed by atoms with E-state index in [1.54, 1.807) is 0 Å². The minimum absolute atomic E-state index is 0.00252. The molecular formula is C23H31NO3. The SMILES string of the molecule is CCOc1ccc(CCC(=O)N[C@@H](C)c2ccc(CC)cc2)cc1OCC. The molecule has 0 aromatic heterocycles. The van der Waals surface area contributed by atoms with Gasteiger partial charge in [-0.3, -0.25) is 4.79 Å². The van der Waals surface area contributed by atoms with E-state index in [9.17, 15) is 4.79 Å². The van der Waals surface area contributed by atoms with Gasteiger partial charge in [-0.15, -0.1) is 0 Å². The summed E-state index contributed by atoms with van der Waals surface area (Å²) in [4.78, 5) is 12.3. The van der Waals surface area contributed by atoms with Crippen molar-refractivity contribution in [1.29, 1.82) is 0 Å². The van der Waals surface area contributed by atoms with Crippen molar-refractivity contribution in [1.82, 2.24) is 5.32 Å². The summed E-state index contributed by atoms with van der Waals surface area (Å²) in [6.07, 6.45) is 2.13. The quantitative estimate of drug-likeness (QED) is 0.651. The number of rotatable bonds is 10. The Morgan fingerprint density at radius 2 is 1.56 bits per heavy atom. The molecule has 0 radical (unpaired) electrons. The van der Waals surface area contributed by atoms with Gasteiger partial charge in [0.25, 0.3) is 0 Å². The van der Waals surface area contributed by atoms with Crippen molar-refractivity contribution in [2.45, 2.75) is 53.0 Å². The lowest BCUT2D eigenvalue weighted by Crippen LogP contribution is -2.26. The van der Waals surface area contributed by atoms with Gasteiger partial charge in [-0.05, 0) is 62.4 Å². The Kier molecular flexibility index (Phi) is 8.18. The average molecular weight is 370 g/mol. The number of hydrogen-bond acceptors (Lipinski definition) is 3. The lowest BCUT2D eigenvalue weighted by Gasteiger charge is -2.15. The van der Waals surface area contributed by atoms with Gasteiger partial charge in [0.05, 0.1) is 19.3 Å². The summed E-state index contributed by atoms with van der Waals surface area (Å²) in [5.41, 5.74) is 3.50. The van der Waals surface area contributed by atoms with E-state index >= 15 is 0 Å².